The lowest BCUT2D eigenvalue weighted by Gasteiger charge is -2.28. The van der Waals surface area contributed by atoms with Crippen LogP contribution in [0.2, 0.25) is 0 Å². The summed E-state index contributed by atoms with van der Waals surface area (Å²) in [6, 6.07) is 4.75. The molecule has 1 aromatic carbocycles. The summed E-state index contributed by atoms with van der Waals surface area (Å²) in [6.07, 6.45) is 4.75. The van der Waals surface area contributed by atoms with E-state index < -0.39 is 12.1 Å². The second-order valence-electron chi connectivity index (χ2n) is 8.41. The first-order chi connectivity index (χ1) is 15.0. The van der Waals surface area contributed by atoms with Gasteiger partial charge in [0.05, 0.1) is 17.7 Å². The average molecular weight is 441 g/mol. The third-order valence-electron chi connectivity index (χ3n) is 6.20. The zero-order chi connectivity index (χ0) is 22.0. The molecule has 7 nitrogen and oxygen atoms in total. The molecule has 0 fully saturated rings. The number of nitrogens with zero attached hydrogens (tertiary/aromatic N) is 2. The van der Waals surface area contributed by atoms with Crippen LogP contribution in [0.4, 0.5) is 5.69 Å². The Morgan fingerprint density at radius 3 is 2.87 bits per heavy atom. The predicted octanol–water partition coefficient (Wildman–Crippen LogP) is 2.58. The molecule has 2 aliphatic rings. The van der Waals surface area contributed by atoms with Crippen LogP contribution in [-0.4, -0.2) is 34.8 Å². The van der Waals surface area contributed by atoms with Crippen LogP contribution < -0.4 is 15.5 Å². The van der Waals surface area contributed by atoms with Crippen molar-refractivity contribution in [1.29, 1.82) is 0 Å². The molecule has 0 spiro atoms. The Balaban J connectivity index is 1.55. The monoisotopic (exact) mass is 440 g/mol. The van der Waals surface area contributed by atoms with Crippen molar-refractivity contribution in [3.63, 3.8) is 0 Å². The van der Waals surface area contributed by atoms with E-state index in [0.29, 0.717) is 32.2 Å². The maximum absolute atomic E-state index is 13.5. The number of nitrogens with one attached hydrogen (secondary N) is 2. The van der Waals surface area contributed by atoms with Crippen molar-refractivity contribution >= 4 is 34.7 Å². The lowest BCUT2D eigenvalue weighted by molar-refractivity contribution is -0.129. The molecule has 3 unspecified atom stereocenters. The van der Waals surface area contributed by atoms with Gasteiger partial charge in [0, 0.05) is 23.9 Å². The molecule has 3 heterocycles. The topological polar surface area (TPSA) is 91.4 Å². The number of aromatic nitrogens is 1. The Hall–Kier alpha value is -2.74. The van der Waals surface area contributed by atoms with Crippen molar-refractivity contribution in [3.8, 4) is 0 Å². The van der Waals surface area contributed by atoms with E-state index in [1.54, 1.807) is 16.6 Å². The van der Waals surface area contributed by atoms with Gasteiger partial charge in [-0.1, -0.05) is 38.5 Å². The Morgan fingerprint density at radius 1 is 1.32 bits per heavy atom. The van der Waals surface area contributed by atoms with Crippen LogP contribution in [0.15, 0.2) is 29.9 Å². The molecule has 2 aromatic rings. The van der Waals surface area contributed by atoms with Gasteiger partial charge in [-0.25, -0.2) is 0 Å². The van der Waals surface area contributed by atoms with Crippen LogP contribution >= 0.6 is 11.3 Å². The fourth-order valence-corrected chi connectivity index (χ4v) is 4.84. The summed E-state index contributed by atoms with van der Waals surface area (Å²) in [4.78, 5) is 45.7. The number of aryl methyl sites for hydroxylation is 1. The van der Waals surface area contributed by atoms with E-state index in [2.05, 4.69) is 15.6 Å². The minimum absolute atomic E-state index is 0.107. The maximum Gasteiger partial charge on any atom is 0.250 e. The Bertz CT molecular complexity index is 975. The van der Waals surface area contributed by atoms with Gasteiger partial charge in [-0.05, 0) is 29.9 Å². The maximum atomic E-state index is 13.5. The van der Waals surface area contributed by atoms with Gasteiger partial charge < -0.3 is 10.6 Å². The number of anilines is 1. The summed E-state index contributed by atoms with van der Waals surface area (Å²) in [5.74, 6) is -0.222. The van der Waals surface area contributed by atoms with Crippen molar-refractivity contribution in [2.24, 2.45) is 5.92 Å². The van der Waals surface area contributed by atoms with Crippen LogP contribution in [0.1, 0.15) is 49.1 Å². The SMILES string of the molecule is CCC(C)CC(=O)NC1CCc2cccc3c2N(C1=O)C(C(=O)NCc1cncs1)C3. The van der Waals surface area contributed by atoms with Gasteiger partial charge >= 0.3 is 0 Å². The van der Waals surface area contributed by atoms with E-state index in [1.165, 1.54) is 11.3 Å². The highest BCUT2D eigenvalue weighted by molar-refractivity contribution is 7.09. The van der Waals surface area contributed by atoms with E-state index >= 15 is 0 Å². The van der Waals surface area contributed by atoms with E-state index in [1.807, 2.05) is 32.0 Å². The van der Waals surface area contributed by atoms with Crippen molar-refractivity contribution in [3.05, 3.63) is 45.9 Å². The first-order valence-electron chi connectivity index (χ1n) is 10.9. The molecule has 3 atom stereocenters. The second kappa shape index (κ2) is 9.18. The lowest BCUT2D eigenvalue weighted by Crippen LogP contribution is -2.54. The van der Waals surface area contributed by atoms with E-state index in [4.69, 9.17) is 0 Å². The number of hydrogen-bond donors (Lipinski definition) is 2. The summed E-state index contributed by atoms with van der Waals surface area (Å²) >= 11 is 1.48. The molecule has 0 bridgehead atoms. The highest BCUT2D eigenvalue weighted by Gasteiger charge is 2.43. The van der Waals surface area contributed by atoms with Crippen LogP contribution in [0.3, 0.4) is 0 Å². The first kappa shape index (κ1) is 21.5. The van der Waals surface area contributed by atoms with Gasteiger partial charge in [-0.3, -0.25) is 24.3 Å². The molecule has 1 aromatic heterocycles. The minimum atomic E-state index is -0.619. The van der Waals surface area contributed by atoms with Crippen molar-refractivity contribution < 1.29 is 14.4 Å². The molecular formula is C23H28N4O3S. The smallest absolute Gasteiger partial charge is 0.250 e. The highest BCUT2D eigenvalue weighted by atomic mass is 32.1. The van der Waals surface area contributed by atoms with Crippen LogP contribution in [0.25, 0.3) is 0 Å². The third kappa shape index (κ3) is 4.49. The number of para-hydroxylation sites is 1. The zero-order valence-corrected chi connectivity index (χ0v) is 18.7. The predicted molar refractivity (Wildman–Crippen MR) is 120 cm³/mol. The molecule has 4 rings (SSSR count). The third-order valence-corrected chi connectivity index (χ3v) is 6.98. The number of rotatable bonds is 7. The van der Waals surface area contributed by atoms with Gasteiger partial charge in [0.25, 0.3) is 0 Å². The molecule has 164 valence electrons. The summed E-state index contributed by atoms with van der Waals surface area (Å²) < 4.78 is 0. The molecule has 2 aliphatic heterocycles. The molecule has 2 N–H and O–H groups in total. The Kier molecular flexibility index (Phi) is 6.36. The summed E-state index contributed by atoms with van der Waals surface area (Å²) in [7, 11) is 0. The summed E-state index contributed by atoms with van der Waals surface area (Å²) in [5, 5.41) is 5.89. The van der Waals surface area contributed by atoms with Gasteiger partial charge in [-0.2, -0.15) is 0 Å². The number of hydrogen-bond acceptors (Lipinski definition) is 5. The molecule has 0 saturated carbocycles. The summed E-state index contributed by atoms with van der Waals surface area (Å²) in [6.45, 7) is 4.47. The van der Waals surface area contributed by atoms with E-state index in [-0.39, 0.29) is 23.6 Å². The zero-order valence-electron chi connectivity index (χ0n) is 17.9. The molecule has 0 aliphatic carbocycles. The van der Waals surface area contributed by atoms with Gasteiger partial charge in [0.1, 0.15) is 12.1 Å². The molecular weight excluding hydrogens is 412 g/mol. The molecule has 31 heavy (non-hydrogen) atoms. The minimum Gasteiger partial charge on any atom is -0.349 e. The van der Waals surface area contributed by atoms with E-state index in [9.17, 15) is 14.4 Å². The number of amides is 3. The number of carbonyl (C=O) groups is 3. The van der Waals surface area contributed by atoms with Crippen molar-refractivity contribution in [2.75, 3.05) is 4.90 Å². The second-order valence-corrected chi connectivity index (χ2v) is 9.39. The lowest BCUT2D eigenvalue weighted by atomic mass is 10.0. The van der Waals surface area contributed by atoms with Gasteiger partial charge in [-0.15, -0.1) is 11.3 Å². The fraction of sp³-hybridized carbons (Fsp3) is 0.478. The number of thiazole rings is 1. The van der Waals surface area contributed by atoms with Crippen molar-refractivity contribution in [2.45, 2.75) is 64.6 Å². The van der Waals surface area contributed by atoms with Crippen LogP contribution in [0.5, 0.6) is 0 Å². The molecule has 0 radical (unpaired) electrons. The molecule has 3 amide bonds. The van der Waals surface area contributed by atoms with Gasteiger partial charge in [0.2, 0.25) is 17.7 Å². The molecule has 0 saturated heterocycles. The van der Waals surface area contributed by atoms with Crippen molar-refractivity contribution in [1.82, 2.24) is 15.6 Å². The van der Waals surface area contributed by atoms with Crippen LogP contribution in [-0.2, 0) is 33.8 Å². The standard InChI is InChI=1S/C23H28N4O3S/c1-3-14(2)9-20(28)26-18-8-7-15-5-4-6-16-10-19(27(21(15)16)23(18)30)22(29)25-12-17-11-24-13-31-17/h4-6,11,13-14,18-19H,3,7-10,12H2,1-2H3,(H,25,29)(H,26,28). The number of benzene rings is 1. The largest absolute Gasteiger partial charge is 0.349 e. The van der Waals surface area contributed by atoms with Gasteiger partial charge in [0.15, 0.2) is 0 Å². The highest BCUT2D eigenvalue weighted by Crippen LogP contribution is 2.39. The summed E-state index contributed by atoms with van der Waals surface area (Å²) in [5.41, 5.74) is 4.64. The van der Waals surface area contributed by atoms with Crippen LogP contribution in [0, 0.1) is 5.92 Å². The average Bonchev–Trinajstić information content (AvgIpc) is 3.39. The fourth-order valence-electron chi connectivity index (χ4n) is 4.31. The quantitative estimate of drug-likeness (QED) is 0.692. The Labute approximate surface area is 186 Å². The van der Waals surface area contributed by atoms with E-state index in [0.717, 1.165) is 28.1 Å². The first-order valence-corrected chi connectivity index (χ1v) is 11.7. The Morgan fingerprint density at radius 2 is 2.13 bits per heavy atom. The number of carbonyl (C=O) groups excluding carboxylic acids is 3. The molecule has 8 heteroatoms. The normalized spacial score (nSPS) is 20.7.